The number of carbonyl (C=O) groups is 2. The highest BCUT2D eigenvalue weighted by atomic mass is 16.4. The Labute approximate surface area is 76.0 Å². The first-order valence-corrected chi connectivity index (χ1v) is 4.02. The number of likely N-dealkylation sites (tertiary alicyclic amines) is 1. The third-order valence-corrected chi connectivity index (χ3v) is 1.95. The molecule has 1 saturated heterocycles. The zero-order valence-corrected chi connectivity index (χ0v) is 7.36. The van der Waals surface area contributed by atoms with Crippen LogP contribution in [0.4, 0.5) is 0 Å². The van der Waals surface area contributed by atoms with Crippen LogP contribution >= 0.6 is 0 Å². The number of rotatable bonds is 3. The van der Waals surface area contributed by atoms with Gasteiger partial charge in [-0.25, -0.2) is 4.79 Å². The van der Waals surface area contributed by atoms with E-state index < -0.39 is 5.97 Å². The number of carboxylic acids is 1. The third-order valence-electron chi connectivity index (χ3n) is 1.95. The molecule has 1 fully saturated rings. The Morgan fingerprint density at radius 3 is 2.92 bits per heavy atom. The first-order chi connectivity index (χ1) is 6.11. The molecule has 1 aliphatic heterocycles. The van der Waals surface area contributed by atoms with Crippen molar-refractivity contribution in [1.82, 2.24) is 10.2 Å². The van der Waals surface area contributed by atoms with Crippen molar-refractivity contribution in [2.45, 2.75) is 12.5 Å². The van der Waals surface area contributed by atoms with Gasteiger partial charge in [-0.05, 0) is 6.42 Å². The van der Waals surface area contributed by atoms with E-state index in [1.807, 2.05) is 0 Å². The molecule has 0 aromatic carbocycles. The van der Waals surface area contributed by atoms with Crippen LogP contribution in [0, 0.1) is 0 Å². The van der Waals surface area contributed by atoms with Crippen LogP contribution in [0.15, 0.2) is 12.3 Å². The molecule has 1 atom stereocenters. The largest absolute Gasteiger partial charge is 0.478 e. The molecule has 0 radical (unpaired) electrons. The van der Waals surface area contributed by atoms with Crippen molar-refractivity contribution < 1.29 is 14.7 Å². The summed E-state index contributed by atoms with van der Waals surface area (Å²) in [5.74, 6) is -1.01. The Kier molecular flexibility index (Phi) is 2.89. The average Bonchev–Trinajstić information content (AvgIpc) is 2.35. The highest BCUT2D eigenvalue weighted by Gasteiger charge is 2.27. The lowest BCUT2D eigenvalue weighted by Gasteiger charge is -2.09. The van der Waals surface area contributed by atoms with Crippen LogP contribution < -0.4 is 5.32 Å². The van der Waals surface area contributed by atoms with E-state index in [0.717, 1.165) is 19.0 Å². The van der Waals surface area contributed by atoms with Crippen molar-refractivity contribution in [2.75, 3.05) is 13.6 Å². The fraction of sp³-hybridized carbons (Fsp3) is 0.500. The molecule has 5 heteroatoms. The monoisotopic (exact) mass is 184 g/mol. The molecular formula is C8H12N2O3. The van der Waals surface area contributed by atoms with Crippen LogP contribution in [0.2, 0.25) is 0 Å². The lowest BCUT2D eigenvalue weighted by molar-refractivity contribution is -0.131. The zero-order valence-electron chi connectivity index (χ0n) is 7.36. The third kappa shape index (κ3) is 2.47. The predicted octanol–water partition coefficient (Wildman–Crippen LogP) is -0.595. The molecule has 5 nitrogen and oxygen atoms in total. The Bertz CT molecular complexity index is 250. The van der Waals surface area contributed by atoms with Crippen molar-refractivity contribution >= 4 is 11.9 Å². The fourth-order valence-electron chi connectivity index (χ4n) is 1.21. The van der Waals surface area contributed by atoms with Gasteiger partial charge in [0.15, 0.2) is 0 Å². The molecule has 13 heavy (non-hydrogen) atoms. The molecule has 0 aromatic rings. The second kappa shape index (κ2) is 3.93. The summed E-state index contributed by atoms with van der Waals surface area (Å²) in [5.41, 5.74) is 0. The molecule has 1 rings (SSSR count). The van der Waals surface area contributed by atoms with Gasteiger partial charge in [-0.1, -0.05) is 0 Å². The molecule has 72 valence electrons. The topological polar surface area (TPSA) is 69.6 Å². The maximum absolute atomic E-state index is 11.3. The van der Waals surface area contributed by atoms with Crippen LogP contribution in [0.5, 0.6) is 0 Å². The van der Waals surface area contributed by atoms with Crippen molar-refractivity contribution in [2.24, 2.45) is 0 Å². The van der Waals surface area contributed by atoms with E-state index in [9.17, 15) is 9.59 Å². The quantitative estimate of drug-likeness (QED) is 0.575. The molecular weight excluding hydrogens is 172 g/mol. The molecule has 1 amide bonds. The van der Waals surface area contributed by atoms with Crippen LogP contribution in [-0.2, 0) is 9.59 Å². The van der Waals surface area contributed by atoms with E-state index in [1.165, 1.54) is 6.20 Å². The highest BCUT2D eigenvalue weighted by molar-refractivity contribution is 5.84. The van der Waals surface area contributed by atoms with E-state index in [1.54, 1.807) is 11.9 Å². The van der Waals surface area contributed by atoms with Crippen LogP contribution in [-0.4, -0.2) is 41.5 Å². The molecule has 1 unspecified atom stereocenters. The van der Waals surface area contributed by atoms with Gasteiger partial charge in [0.05, 0.1) is 0 Å². The maximum atomic E-state index is 11.3. The summed E-state index contributed by atoms with van der Waals surface area (Å²) in [4.78, 5) is 23.0. The molecule has 0 aromatic heterocycles. The molecule has 0 saturated carbocycles. The molecule has 1 heterocycles. The Hall–Kier alpha value is -1.52. The van der Waals surface area contributed by atoms with Gasteiger partial charge in [0.1, 0.15) is 6.04 Å². The summed E-state index contributed by atoms with van der Waals surface area (Å²) < 4.78 is 0. The minimum atomic E-state index is -1.02. The predicted molar refractivity (Wildman–Crippen MR) is 46.0 cm³/mol. The number of aliphatic carboxylic acids is 1. The molecule has 1 aliphatic rings. The number of likely N-dealkylation sites (N-methyl/N-ethyl adjacent to an activating group) is 1. The van der Waals surface area contributed by atoms with Crippen LogP contribution in [0.25, 0.3) is 0 Å². The van der Waals surface area contributed by atoms with E-state index in [2.05, 4.69) is 5.32 Å². The number of nitrogens with one attached hydrogen (secondary N) is 1. The standard InChI is InChI=1S/C8H12N2O3/c1-10-5-3-6(8(10)13)9-4-2-7(11)12/h2,4,6,9H,3,5H2,1H3,(H,11,12)/b4-2+. The van der Waals surface area contributed by atoms with Crippen molar-refractivity contribution in [1.29, 1.82) is 0 Å². The lowest BCUT2D eigenvalue weighted by Crippen LogP contribution is -2.33. The molecule has 0 spiro atoms. The molecule has 0 bridgehead atoms. The highest BCUT2D eigenvalue weighted by Crippen LogP contribution is 2.07. The van der Waals surface area contributed by atoms with Gasteiger partial charge in [-0.2, -0.15) is 0 Å². The first kappa shape index (κ1) is 9.57. The summed E-state index contributed by atoms with van der Waals surface area (Å²) >= 11 is 0. The summed E-state index contributed by atoms with van der Waals surface area (Å²) in [6, 6.07) is -0.263. The fourth-order valence-corrected chi connectivity index (χ4v) is 1.21. The summed E-state index contributed by atoms with van der Waals surface area (Å²) in [7, 11) is 1.73. The Morgan fingerprint density at radius 2 is 2.46 bits per heavy atom. The molecule has 2 N–H and O–H groups in total. The van der Waals surface area contributed by atoms with Crippen LogP contribution in [0.1, 0.15) is 6.42 Å². The normalized spacial score (nSPS) is 22.7. The van der Waals surface area contributed by atoms with E-state index in [0.29, 0.717) is 0 Å². The van der Waals surface area contributed by atoms with Gasteiger partial charge in [-0.15, -0.1) is 0 Å². The summed E-state index contributed by atoms with van der Waals surface area (Å²) in [6.07, 6.45) is 2.99. The minimum Gasteiger partial charge on any atom is -0.478 e. The van der Waals surface area contributed by atoms with Crippen molar-refractivity contribution in [3.8, 4) is 0 Å². The van der Waals surface area contributed by atoms with Gasteiger partial charge in [0, 0.05) is 25.9 Å². The summed E-state index contributed by atoms with van der Waals surface area (Å²) in [6.45, 7) is 0.720. The number of carbonyl (C=O) groups excluding carboxylic acids is 1. The number of amides is 1. The minimum absolute atomic E-state index is 0.00930. The van der Waals surface area contributed by atoms with Gasteiger partial charge < -0.3 is 15.3 Å². The van der Waals surface area contributed by atoms with Gasteiger partial charge in [-0.3, -0.25) is 4.79 Å². The van der Waals surface area contributed by atoms with Gasteiger partial charge >= 0.3 is 5.97 Å². The van der Waals surface area contributed by atoms with Crippen molar-refractivity contribution in [3.05, 3.63) is 12.3 Å². The first-order valence-electron chi connectivity index (χ1n) is 4.02. The summed E-state index contributed by atoms with van der Waals surface area (Å²) in [5, 5.41) is 11.0. The number of hydrogen-bond donors (Lipinski definition) is 2. The van der Waals surface area contributed by atoms with E-state index in [-0.39, 0.29) is 11.9 Å². The van der Waals surface area contributed by atoms with Gasteiger partial charge in [0.25, 0.3) is 0 Å². The maximum Gasteiger partial charge on any atom is 0.329 e. The zero-order chi connectivity index (χ0) is 9.84. The second-order valence-corrected chi connectivity index (χ2v) is 2.94. The van der Waals surface area contributed by atoms with Gasteiger partial charge in [0.2, 0.25) is 5.91 Å². The number of hydrogen-bond acceptors (Lipinski definition) is 3. The number of nitrogens with zero attached hydrogens (tertiary/aromatic N) is 1. The number of carboxylic acid groups (broad SMARTS) is 1. The second-order valence-electron chi connectivity index (χ2n) is 2.94. The molecule has 0 aliphatic carbocycles. The smallest absolute Gasteiger partial charge is 0.329 e. The Morgan fingerprint density at radius 1 is 1.77 bits per heavy atom. The van der Waals surface area contributed by atoms with Crippen molar-refractivity contribution in [3.63, 3.8) is 0 Å². The van der Waals surface area contributed by atoms with Crippen LogP contribution in [0.3, 0.4) is 0 Å². The average molecular weight is 184 g/mol. The lowest BCUT2D eigenvalue weighted by atomic mass is 10.2. The Balaban J connectivity index is 2.39. The van der Waals surface area contributed by atoms with E-state index in [4.69, 9.17) is 5.11 Å². The SMILES string of the molecule is CN1CCC(N/C=C/C(=O)O)C1=O. The van der Waals surface area contributed by atoms with E-state index >= 15 is 0 Å².